The molecule has 0 aromatic heterocycles. The fraction of sp³-hybridized carbons (Fsp3) is 0.316. The quantitative estimate of drug-likeness (QED) is 0.651. The molecule has 0 saturated carbocycles. The molecule has 0 saturated heterocycles. The molecule has 2 aromatic carbocycles. The van der Waals surface area contributed by atoms with E-state index >= 15 is 0 Å². The highest BCUT2D eigenvalue weighted by Gasteiger charge is 2.10. The van der Waals surface area contributed by atoms with E-state index in [9.17, 15) is 0 Å². The summed E-state index contributed by atoms with van der Waals surface area (Å²) in [5, 5.41) is 3.14. The largest absolute Gasteiger partial charge is 0.496 e. The van der Waals surface area contributed by atoms with Crippen LogP contribution in [0.15, 0.2) is 47.5 Å². The number of aryl methyl sites for hydroxylation is 2. The smallest absolute Gasteiger partial charge is 0.193 e. The summed E-state index contributed by atoms with van der Waals surface area (Å²) in [5.41, 5.74) is 10.6. The number of ether oxygens (including phenoxy) is 1. The lowest BCUT2D eigenvalue weighted by molar-refractivity contribution is 0.407. The van der Waals surface area contributed by atoms with Gasteiger partial charge in [0.15, 0.2) is 5.96 Å². The zero-order valence-corrected chi connectivity index (χ0v) is 14.3. The number of guanidine groups is 1. The van der Waals surface area contributed by atoms with Crippen molar-refractivity contribution in [1.29, 1.82) is 0 Å². The van der Waals surface area contributed by atoms with Gasteiger partial charge in [-0.15, -0.1) is 0 Å². The normalized spacial score (nSPS) is 12.8. The summed E-state index contributed by atoms with van der Waals surface area (Å²) in [6.45, 7) is 6.89. The van der Waals surface area contributed by atoms with Crippen LogP contribution in [-0.2, 0) is 0 Å². The molecule has 3 N–H and O–H groups in total. The summed E-state index contributed by atoms with van der Waals surface area (Å²) in [7, 11) is 1.68. The summed E-state index contributed by atoms with van der Waals surface area (Å²) in [5.74, 6) is 1.54. The zero-order chi connectivity index (χ0) is 16.8. The van der Waals surface area contributed by atoms with Crippen molar-refractivity contribution in [2.45, 2.75) is 26.7 Å². The molecule has 23 heavy (non-hydrogen) atoms. The van der Waals surface area contributed by atoms with E-state index in [-0.39, 0.29) is 5.92 Å². The van der Waals surface area contributed by atoms with E-state index in [1.807, 2.05) is 24.3 Å². The van der Waals surface area contributed by atoms with Crippen LogP contribution in [0.1, 0.15) is 29.5 Å². The highest BCUT2D eigenvalue weighted by atomic mass is 16.5. The number of nitrogens with two attached hydrogens (primary N) is 1. The van der Waals surface area contributed by atoms with Crippen molar-refractivity contribution < 1.29 is 4.74 Å². The fourth-order valence-corrected chi connectivity index (χ4v) is 2.41. The Labute approximate surface area is 138 Å². The Morgan fingerprint density at radius 1 is 1.17 bits per heavy atom. The van der Waals surface area contributed by atoms with Gasteiger partial charge in [-0.3, -0.25) is 4.99 Å². The van der Waals surface area contributed by atoms with E-state index in [0.29, 0.717) is 12.5 Å². The zero-order valence-electron chi connectivity index (χ0n) is 14.3. The number of benzene rings is 2. The predicted molar refractivity (Wildman–Crippen MR) is 97.4 cm³/mol. The van der Waals surface area contributed by atoms with E-state index < -0.39 is 0 Å². The molecule has 0 heterocycles. The monoisotopic (exact) mass is 311 g/mol. The van der Waals surface area contributed by atoms with Crippen molar-refractivity contribution in [1.82, 2.24) is 0 Å². The van der Waals surface area contributed by atoms with Gasteiger partial charge in [0.1, 0.15) is 5.75 Å². The summed E-state index contributed by atoms with van der Waals surface area (Å²) in [6.07, 6.45) is 0. The summed E-state index contributed by atoms with van der Waals surface area (Å²) < 4.78 is 5.40. The first kappa shape index (κ1) is 16.9. The van der Waals surface area contributed by atoms with Crippen LogP contribution in [0.25, 0.3) is 0 Å². The van der Waals surface area contributed by atoms with E-state index in [1.165, 1.54) is 11.1 Å². The summed E-state index contributed by atoms with van der Waals surface area (Å²) in [6, 6.07) is 14.2. The van der Waals surface area contributed by atoms with Crippen molar-refractivity contribution in [3.8, 4) is 5.75 Å². The molecule has 0 aliphatic heterocycles. The molecule has 0 fully saturated rings. The number of hydrogen-bond acceptors (Lipinski definition) is 2. The standard InChI is InChI=1S/C19H25N3O/c1-13-9-10-16(11-14(13)2)22-19(20)21-12-15(3)17-7-5-6-8-18(17)23-4/h5-11,15H,12H2,1-4H3,(H3,20,21,22). The Hall–Kier alpha value is -2.49. The molecule has 2 aromatic rings. The van der Waals surface area contributed by atoms with Gasteiger partial charge in [-0.2, -0.15) is 0 Å². The third-order valence-electron chi connectivity index (χ3n) is 3.98. The van der Waals surface area contributed by atoms with Crippen LogP contribution >= 0.6 is 0 Å². The summed E-state index contributed by atoms with van der Waals surface area (Å²) in [4.78, 5) is 4.45. The number of nitrogens with one attached hydrogen (secondary N) is 1. The molecule has 0 radical (unpaired) electrons. The fourth-order valence-electron chi connectivity index (χ4n) is 2.41. The number of rotatable bonds is 5. The molecule has 2 rings (SSSR count). The molecule has 1 unspecified atom stereocenters. The van der Waals surface area contributed by atoms with Crippen molar-refractivity contribution >= 4 is 11.6 Å². The molecule has 1 atom stereocenters. The highest BCUT2D eigenvalue weighted by Crippen LogP contribution is 2.26. The molecule has 0 aliphatic rings. The molecule has 0 amide bonds. The molecule has 0 bridgehead atoms. The average molecular weight is 311 g/mol. The first-order valence-corrected chi connectivity index (χ1v) is 7.78. The predicted octanol–water partition coefficient (Wildman–Crippen LogP) is 3.84. The van der Waals surface area contributed by atoms with Gasteiger partial charge < -0.3 is 15.8 Å². The molecule has 4 nitrogen and oxygen atoms in total. The molecule has 0 spiro atoms. The van der Waals surface area contributed by atoms with Gasteiger partial charge in [-0.1, -0.05) is 31.2 Å². The average Bonchev–Trinajstić information content (AvgIpc) is 2.56. The third kappa shape index (κ3) is 4.49. The van der Waals surface area contributed by atoms with Gasteiger partial charge in [0, 0.05) is 18.2 Å². The minimum atomic E-state index is 0.228. The van der Waals surface area contributed by atoms with Crippen LogP contribution in [0.4, 0.5) is 5.69 Å². The van der Waals surface area contributed by atoms with Gasteiger partial charge in [0.05, 0.1) is 7.11 Å². The minimum Gasteiger partial charge on any atom is -0.496 e. The second-order valence-electron chi connectivity index (χ2n) is 5.79. The Morgan fingerprint density at radius 2 is 1.91 bits per heavy atom. The number of para-hydroxylation sites is 1. The Kier molecular flexibility index (Phi) is 5.63. The van der Waals surface area contributed by atoms with Crippen molar-refractivity contribution in [3.63, 3.8) is 0 Å². The van der Waals surface area contributed by atoms with Crippen molar-refractivity contribution in [2.75, 3.05) is 19.0 Å². The lowest BCUT2D eigenvalue weighted by Gasteiger charge is -2.14. The first-order valence-electron chi connectivity index (χ1n) is 7.78. The van der Waals surface area contributed by atoms with E-state index in [0.717, 1.165) is 17.0 Å². The van der Waals surface area contributed by atoms with Crippen LogP contribution in [0.2, 0.25) is 0 Å². The van der Waals surface area contributed by atoms with E-state index in [4.69, 9.17) is 10.5 Å². The van der Waals surface area contributed by atoms with Crippen LogP contribution in [0.5, 0.6) is 5.75 Å². The first-order chi connectivity index (χ1) is 11.0. The van der Waals surface area contributed by atoms with E-state index in [1.54, 1.807) is 7.11 Å². The molecule has 0 aliphatic carbocycles. The van der Waals surface area contributed by atoms with Gasteiger partial charge in [0.2, 0.25) is 0 Å². The van der Waals surface area contributed by atoms with Crippen LogP contribution in [0.3, 0.4) is 0 Å². The van der Waals surface area contributed by atoms with E-state index in [2.05, 4.69) is 49.3 Å². The summed E-state index contributed by atoms with van der Waals surface area (Å²) >= 11 is 0. The Morgan fingerprint density at radius 3 is 2.61 bits per heavy atom. The SMILES string of the molecule is COc1ccccc1C(C)CN=C(N)Nc1ccc(C)c(C)c1. The molecular weight excluding hydrogens is 286 g/mol. The lowest BCUT2D eigenvalue weighted by Crippen LogP contribution is -2.23. The minimum absolute atomic E-state index is 0.228. The maximum Gasteiger partial charge on any atom is 0.193 e. The van der Waals surface area contributed by atoms with Crippen molar-refractivity contribution in [3.05, 3.63) is 59.2 Å². The van der Waals surface area contributed by atoms with Crippen LogP contribution < -0.4 is 15.8 Å². The highest BCUT2D eigenvalue weighted by molar-refractivity contribution is 5.92. The van der Waals surface area contributed by atoms with Crippen LogP contribution in [-0.4, -0.2) is 19.6 Å². The van der Waals surface area contributed by atoms with Crippen LogP contribution in [0, 0.1) is 13.8 Å². The third-order valence-corrected chi connectivity index (χ3v) is 3.98. The van der Waals surface area contributed by atoms with Gasteiger partial charge >= 0.3 is 0 Å². The number of anilines is 1. The van der Waals surface area contributed by atoms with Gasteiger partial charge in [0.25, 0.3) is 0 Å². The molecule has 4 heteroatoms. The maximum absolute atomic E-state index is 6.00. The number of nitrogens with zero attached hydrogens (tertiary/aromatic N) is 1. The topological polar surface area (TPSA) is 59.6 Å². The number of hydrogen-bond donors (Lipinski definition) is 2. The molecule has 122 valence electrons. The second kappa shape index (κ2) is 7.68. The number of methoxy groups -OCH3 is 1. The second-order valence-corrected chi connectivity index (χ2v) is 5.79. The van der Waals surface area contributed by atoms with Crippen molar-refractivity contribution in [2.24, 2.45) is 10.7 Å². The molecular formula is C19H25N3O. The number of aliphatic imine (C=N–C) groups is 1. The Balaban J connectivity index is 2.02. The maximum atomic E-state index is 6.00. The van der Waals surface area contributed by atoms with Gasteiger partial charge in [-0.25, -0.2) is 0 Å². The van der Waals surface area contributed by atoms with Gasteiger partial charge in [-0.05, 0) is 48.7 Å². The Bertz CT molecular complexity index is 695. The lowest BCUT2D eigenvalue weighted by atomic mass is 10.0.